The summed E-state index contributed by atoms with van der Waals surface area (Å²) in [4.78, 5) is 69.2. The summed E-state index contributed by atoms with van der Waals surface area (Å²) in [5.74, 6) is -1.73. The van der Waals surface area contributed by atoms with E-state index in [-0.39, 0.29) is 46.0 Å². The molecule has 1 aliphatic carbocycles. The third-order valence-electron chi connectivity index (χ3n) is 5.67. The number of imide groups is 1. The van der Waals surface area contributed by atoms with Gasteiger partial charge in [-0.3, -0.25) is 33.9 Å². The summed E-state index contributed by atoms with van der Waals surface area (Å²) in [5, 5.41) is 2.22. The Kier molecular flexibility index (Phi) is 5.84. The molecule has 0 atom stereocenters. The number of amides is 3. The van der Waals surface area contributed by atoms with Crippen LogP contribution in [0.1, 0.15) is 47.8 Å². The minimum Gasteiger partial charge on any atom is -0.350 e. The second-order valence-corrected chi connectivity index (χ2v) is 8.80. The monoisotopic (exact) mass is 483 g/mol. The molecule has 35 heavy (non-hydrogen) atoms. The molecule has 1 saturated heterocycles. The maximum Gasteiger partial charge on any atom is 0.293 e. The lowest BCUT2D eigenvalue weighted by Gasteiger charge is -2.20. The van der Waals surface area contributed by atoms with E-state index in [0.717, 1.165) is 16.7 Å². The van der Waals surface area contributed by atoms with E-state index < -0.39 is 22.8 Å². The predicted octanol–water partition coefficient (Wildman–Crippen LogP) is 3.32. The van der Waals surface area contributed by atoms with E-state index in [1.807, 2.05) is 0 Å². The number of carbonyl (C=O) groups excluding carboxylic acids is 5. The summed E-state index contributed by atoms with van der Waals surface area (Å²) in [6.07, 6.45) is 4.78. The van der Waals surface area contributed by atoms with Gasteiger partial charge in [-0.15, -0.1) is 0 Å². The fraction of sp³-hybridized carbons (Fsp3) is 0.0769. The van der Waals surface area contributed by atoms with Crippen LogP contribution in [0, 0.1) is 0 Å². The van der Waals surface area contributed by atoms with E-state index in [1.165, 1.54) is 12.1 Å². The lowest BCUT2D eigenvalue weighted by Crippen LogP contribution is -2.38. The number of hydrogen-bond donors (Lipinski definition) is 1. The molecular formula is C26H17N3O5S. The van der Waals surface area contributed by atoms with Crippen molar-refractivity contribution in [1.29, 1.82) is 0 Å². The van der Waals surface area contributed by atoms with Crippen molar-refractivity contribution in [2.24, 2.45) is 0 Å². The lowest BCUT2D eigenvalue weighted by atomic mass is 9.81. The van der Waals surface area contributed by atoms with Crippen LogP contribution in [0.3, 0.4) is 0 Å². The fourth-order valence-corrected chi connectivity index (χ4v) is 4.88. The SMILES string of the molecule is O=C(NCCN1C(=O)S/C(=C/c2cccnc2)C1=O)c1cccc2c1C(=O)c1ccccc1C2=O. The zero-order valence-corrected chi connectivity index (χ0v) is 19.0. The highest BCUT2D eigenvalue weighted by molar-refractivity contribution is 8.18. The topological polar surface area (TPSA) is 114 Å². The number of ketones is 2. The van der Waals surface area contributed by atoms with Crippen molar-refractivity contribution in [2.75, 3.05) is 13.1 Å². The third-order valence-corrected chi connectivity index (χ3v) is 6.58. The van der Waals surface area contributed by atoms with Gasteiger partial charge in [0.15, 0.2) is 11.6 Å². The summed E-state index contributed by atoms with van der Waals surface area (Å²) in [7, 11) is 0. The number of rotatable bonds is 5. The van der Waals surface area contributed by atoms with Gasteiger partial charge in [-0.05, 0) is 35.5 Å². The van der Waals surface area contributed by atoms with Crippen LogP contribution in [0.5, 0.6) is 0 Å². The molecule has 2 heterocycles. The second kappa shape index (κ2) is 9.11. The Morgan fingerprint density at radius 3 is 2.40 bits per heavy atom. The summed E-state index contributed by atoms with van der Waals surface area (Å²) >= 11 is 0.820. The number of benzene rings is 2. The van der Waals surface area contributed by atoms with Gasteiger partial charge >= 0.3 is 0 Å². The molecule has 2 aromatic carbocycles. The number of nitrogens with zero attached hydrogens (tertiary/aromatic N) is 2. The summed E-state index contributed by atoms with van der Waals surface area (Å²) in [6.45, 7) is -0.0506. The molecule has 1 N–H and O–H groups in total. The van der Waals surface area contributed by atoms with Gasteiger partial charge in [-0.1, -0.05) is 42.5 Å². The van der Waals surface area contributed by atoms with Crippen molar-refractivity contribution in [3.63, 3.8) is 0 Å². The van der Waals surface area contributed by atoms with Gasteiger partial charge in [0.2, 0.25) is 0 Å². The zero-order valence-electron chi connectivity index (χ0n) is 18.2. The average molecular weight is 484 g/mol. The van der Waals surface area contributed by atoms with Crippen molar-refractivity contribution in [3.05, 3.63) is 105 Å². The van der Waals surface area contributed by atoms with Crippen LogP contribution in [0.4, 0.5) is 4.79 Å². The van der Waals surface area contributed by atoms with Gasteiger partial charge in [-0.25, -0.2) is 0 Å². The Hall–Kier alpha value is -4.37. The van der Waals surface area contributed by atoms with Crippen LogP contribution in [0.15, 0.2) is 71.9 Å². The molecule has 0 spiro atoms. The van der Waals surface area contributed by atoms with Crippen molar-refractivity contribution in [2.45, 2.75) is 0 Å². The Morgan fingerprint density at radius 2 is 1.66 bits per heavy atom. The summed E-state index contributed by atoms with van der Waals surface area (Å²) in [5.41, 5.74) is 1.55. The van der Waals surface area contributed by atoms with Gasteiger partial charge < -0.3 is 5.32 Å². The van der Waals surface area contributed by atoms with Crippen LogP contribution < -0.4 is 5.32 Å². The quantitative estimate of drug-likeness (QED) is 0.433. The average Bonchev–Trinajstić information content (AvgIpc) is 3.14. The number of fused-ring (bicyclic) bond motifs is 2. The third kappa shape index (κ3) is 4.06. The Morgan fingerprint density at radius 1 is 0.914 bits per heavy atom. The molecule has 1 aliphatic heterocycles. The van der Waals surface area contributed by atoms with E-state index in [0.29, 0.717) is 11.1 Å². The van der Waals surface area contributed by atoms with Gasteiger partial charge in [0.05, 0.1) is 10.5 Å². The van der Waals surface area contributed by atoms with Crippen LogP contribution in [0.25, 0.3) is 6.08 Å². The molecule has 0 bridgehead atoms. The molecule has 3 aromatic rings. The molecule has 1 aromatic heterocycles. The van der Waals surface area contributed by atoms with Crippen LogP contribution in [-0.2, 0) is 4.79 Å². The molecule has 2 aliphatic rings. The predicted molar refractivity (Wildman–Crippen MR) is 129 cm³/mol. The molecule has 3 amide bonds. The van der Waals surface area contributed by atoms with Gasteiger partial charge in [0.25, 0.3) is 17.1 Å². The van der Waals surface area contributed by atoms with E-state index in [1.54, 1.807) is 60.9 Å². The van der Waals surface area contributed by atoms with Crippen molar-refractivity contribution in [3.8, 4) is 0 Å². The van der Waals surface area contributed by atoms with Crippen LogP contribution >= 0.6 is 11.8 Å². The largest absolute Gasteiger partial charge is 0.350 e. The number of hydrogen-bond acceptors (Lipinski definition) is 7. The number of aromatic nitrogens is 1. The molecule has 8 nitrogen and oxygen atoms in total. The second-order valence-electron chi connectivity index (χ2n) is 7.81. The lowest BCUT2D eigenvalue weighted by molar-refractivity contribution is -0.122. The minimum atomic E-state index is -0.569. The number of nitrogens with one attached hydrogen (secondary N) is 1. The Balaban J connectivity index is 1.29. The van der Waals surface area contributed by atoms with E-state index in [2.05, 4.69) is 10.3 Å². The number of pyridine rings is 1. The van der Waals surface area contributed by atoms with E-state index in [9.17, 15) is 24.0 Å². The van der Waals surface area contributed by atoms with E-state index in [4.69, 9.17) is 0 Å². The first-order chi connectivity index (χ1) is 17.0. The van der Waals surface area contributed by atoms with Crippen LogP contribution in [-0.4, -0.2) is 51.6 Å². The highest BCUT2D eigenvalue weighted by atomic mass is 32.2. The first-order valence-corrected chi connectivity index (χ1v) is 11.5. The fourth-order valence-electron chi connectivity index (χ4n) is 4.02. The molecular weight excluding hydrogens is 466 g/mol. The first-order valence-electron chi connectivity index (χ1n) is 10.7. The summed E-state index contributed by atoms with van der Waals surface area (Å²) < 4.78 is 0. The zero-order chi connectivity index (χ0) is 24.5. The molecule has 1 fully saturated rings. The number of thioether (sulfide) groups is 1. The minimum absolute atomic E-state index is 0.0144. The Labute approximate surface area is 204 Å². The first kappa shape index (κ1) is 22.4. The number of carbonyl (C=O) groups is 5. The molecule has 0 unspecified atom stereocenters. The maximum atomic E-state index is 13.1. The highest BCUT2D eigenvalue weighted by Gasteiger charge is 2.35. The normalized spacial score (nSPS) is 15.9. The van der Waals surface area contributed by atoms with Gasteiger partial charge in [0.1, 0.15) is 0 Å². The van der Waals surface area contributed by atoms with Crippen molar-refractivity contribution < 1.29 is 24.0 Å². The smallest absolute Gasteiger partial charge is 0.293 e. The van der Waals surface area contributed by atoms with Gasteiger partial charge in [0, 0.05) is 47.7 Å². The maximum absolute atomic E-state index is 13.1. The molecule has 5 rings (SSSR count). The summed E-state index contributed by atoms with van der Waals surface area (Å²) in [6, 6.07) is 14.5. The standard InChI is InChI=1S/C26H17N3O5S/c30-22-16-6-1-2-7-17(16)23(31)21-18(22)8-3-9-19(21)24(32)28-11-12-29-25(33)20(35-26(29)34)13-15-5-4-10-27-14-15/h1-10,13-14H,11-12H2,(H,28,32)/b20-13+. The van der Waals surface area contributed by atoms with Crippen molar-refractivity contribution in [1.82, 2.24) is 15.2 Å². The molecule has 172 valence electrons. The van der Waals surface area contributed by atoms with Crippen LogP contribution in [0.2, 0.25) is 0 Å². The van der Waals surface area contributed by atoms with Crippen molar-refractivity contribution >= 4 is 46.5 Å². The Bertz CT molecular complexity index is 1450. The van der Waals surface area contributed by atoms with E-state index >= 15 is 0 Å². The molecule has 0 radical (unpaired) electrons. The molecule has 9 heteroatoms. The van der Waals surface area contributed by atoms with Gasteiger partial charge in [-0.2, -0.15) is 0 Å². The highest BCUT2D eigenvalue weighted by Crippen LogP contribution is 2.32. The molecule has 0 saturated carbocycles.